The molecule has 0 bridgehead atoms. The normalized spacial score (nSPS) is 25.9. The Bertz CT molecular complexity index is 1140. The fourth-order valence-corrected chi connectivity index (χ4v) is 5.23. The first-order valence-corrected chi connectivity index (χ1v) is 11.8. The Kier molecular flexibility index (Phi) is 7.19. The number of carbonyl (C=O) groups is 3. The number of hydrogen-bond donors (Lipinski definition) is 2. The van der Waals surface area contributed by atoms with E-state index in [1.165, 1.54) is 12.1 Å². The molecule has 4 rings (SSSR count). The zero-order valence-electron chi connectivity index (χ0n) is 19.6. The van der Waals surface area contributed by atoms with Gasteiger partial charge in [-0.05, 0) is 29.7 Å². The number of alkyl halides is 3. The van der Waals surface area contributed by atoms with Crippen molar-refractivity contribution in [2.75, 3.05) is 19.8 Å². The molecule has 2 N–H and O–H groups in total. The molecule has 2 aromatic carbocycles. The van der Waals surface area contributed by atoms with Crippen molar-refractivity contribution in [1.82, 2.24) is 10.2 Å². The van der Waals surface area contributed by atoms with Gasteiger partial charge < -0.3 is 9.84 Å². The molecule has 192 valence electrons. The number of ether oxygens (including phenoxy) is 1. The second kappa shape index (κ2) is 10.0. The van der Waals surface area contributed by atoms with E-state index in [4.69, 9.17) is 4.74 Å². The third kappa shape index (κ3) is 4.62. The lowest BCUT2D eigenvalue weighted by Gasteiger charge is -2.31. The van der Waals surface area contributed by atoms with Crippen molar-refractivity contribution in [3.63, 3.8) is 0 Å². The average molecular weight is 505 g/mol. The summed E-state index contributed by atoms with van der Waals surface area (Å²) in [6.07, 6.45) is -4.01. The summed E-state index contributed by atoms with van der Waals surface area (Å²) in [4.78, 5) is 40.8. The van der Waals surface area contributed by atoms with Gasteiger partial charge in [0.25, 0.3) is 0 Å². The molecule has 0 radical (unpaired) electrons. The number of nitrogens with one attached hydrogen (secondary N) is 1. The van der Waals surface area contributed by atoms with Gasteiger partial charge in [-0.2, -0.15) is 13.2 Å². The molecule has 2 heterocycles. The molecule has 4 unspecified atom stereocenters. The summed E-state index contributed by atoms with van der Waals surface area (Å²) in [5.41, 5.74) is -2.10. The highest BCUT2D eigenvalue weighted by Gasteiger charge is 2.68. The highest BCUT2D eigenvalue weighted by atomic mass is 19.4. The Morgan fingerprint density at radius 1 is 1.08 bits per heavy atom. The molecule has 4 atom stereocenters. The van der Waals surface area contributed by atoms with Crippen LogP contribution < -0.4 is 5.32 Å². The number of carboxylic acid groups (broad SMARTS) is 1. The molecule has 0 saturated carbocycles. The van der Waals surface area contributed by atoms with Crippen molar-refractivity contribution < 1.29 is 37.4 Å². The van der Waals surface area contributed by atoms with Crippen LogP contribution in [0.1, 0.15) is 36.1 Å². The van der Waals surface area contributed by atoms with Gasteiger partial charge in [0, 0.05) is 19.1 Å². The first kappa shape index (κ1) is 25.8. The molecule has 0 aromatic heterocycles. The van der Waals surface area contributed by atoms with Crippen molar-refractivity contribution in [2.45, 2.75) is 37.5 Å². The molecule has 2 fully saturated rings. The number of likely N-dealkylation sites (tertiary alicyclic amines) is 1. The molecule has 2 aliphatic heterocycles. The summed E-state index contributed by atoms with van der Waals surface area (Å²) in [7, 11) is 0. The lowest BCUT2D eigenvalue weighted by atomic mass is 9.76. The third-order valence-corrected chi connectivity index (χ3v) is 6.83. The zero-order chi connectivity index (χ0) is 26.1. The van der Waals surface area contributed by atoms with Gasteiger partial charge in [0.1, 0.15) is 5.54 Å². The van der Waals surface area contributed by atoms with Crippen molar-refractivity contribution in [2.24, 2.45) is 11.8 Å². The lowest BCUT2D eigenvalue weighted by molar-refractivity contribution is -0.151. The highest BCUT2D eigenvalue weighted by molar-refractivity contribution is 6.09. The first-order valence-electron chi connectivity index (χ1n) is 11.8. The molecule has 2 aromatic rings. The molecular formula is C26H27F3N2O5. The molecule has 0 aliphatic carbocycles. The number of aliphatic carboxylic acids is 1. The maximum Gasteiger partial charge on any atom is 0.416 e. The number of hydrogen-bond acceptors (Lipinski definition) is 5. The third-order valence-electron chi connectivity index (χ3n) is 6.83. The minimum Gasteiger partial charge on any atom is -0.480 e. The number of halogens is 3. The smallest absolute Gasteiger partial charge is 0.416 e. The van der Waals surface area contributed by atoms with E-state index in [-0.39, 0.29) is 25.1 Å². The van der Waals surface area contributed by atoms with E-state index in [2.05, 4.69) is 5.32 Å². The summed E-state index contributed by atoms with van der Waals surface area (Å²) in [6.45, 7) is 2.38. The number of rotatable bonds is 9. The van der Waals surface area contributed by atoms with Gasteiger partial charge in [0.2, 0.25) is 11.8 Å². The maximum atomic E-state index is 13.5. The molecule has 10 heteroatoms. The van der Waals surface area contributed by atoms with E-state index in [9.17, 15) is 32.7 Å². The molecule has 7 nitrogen and oxygen atoms in total. The Morgan fingerprint density at radius 3 is 2.44 bits per heavy atom. The second-order valence-electron chi connectivity index (χ2n) is 9.13. The van der Waals surface area contributed by atoms with Crippen LogP contribution in [0.3, 0.4) is 0 Å². The predicted octanol–water partition coefficient (Wildman–Crippen LogP) is 3.44. The van der Waals surface area contributed by atoms with Crippen molar-refractivity contribution in [1.29, 1.82) is 0 Å². The quantitative estimate of drug-likeness (QED) is 0.401. The molecule has 2 aliphatic rings. The fraction of sp³-hybridized carbons (Fsp3) is 0.423. The number of carboxylic acids is 1. The first-order chi connectivity index (χ1) is 17.1. The lowest BCUT2D eigenvalue weighted by Crippen LogP contribution is -2.57. The van der Waals surface area contributed by atoms with Crippen LogP contribution >= 0.6 is 0 Å². The summed E-state index contributed by atoms with van der Waals surface area (Å²) in [5, 5.41) is 13.3. The van der Waals surface area contributed by atoms with Crippen LogP contribution in [-0.4, -0.2) is 53.1 Å². The number of carbonyl (C=O) groups excluding carboxylic acids is 2. The van der Waals surface area contributed by atoms with Crippen molar-refractivity contribution >= 4 is 17.8 Å². The van der Waals surface area contributed by atoms with Crippen LogP contribution in [0.2, 0.25) is 0 Å². The average Bonchev–Trinajstić information content (AvgIpc) is 3.31. The van der Waals surface area contributed by atoms with Gasteiger partial charge in [-0.25, -0.2) is 0 Å². The van der Waals surface area contributed by atoms with E-state index in [0.29, 0.717) is 12.2 Å². The monoisotopic (exact) mass is 504 g/mol. The molecule has 2 saturated heterocycles. The highest BCUT2D eigenvalue weighted by Crippen LogP contribution is 2.50. The van der Waals surface area contributed by atoms with Gasteiger partial charge in [-0.3, -0.25) is 24.6 Å². The van der Waals surface area contributed by atoms with Gasteiger partial charge in [-0.1, -0.05) is 49.4 Å². The van der Waals surface area contributed by atoms with Gasteiger partial charge in [-0.15, -0.1) is 0 Å². The Hall–Kier alpha value is -3.24. The predicted molar refractivity (Wildman–Crippen MR) is 123 cm³/mol. The standard InChI is InChI=1S/C26H27F3N2O5/c1-2-12-36-13-11-31-22(32)19-20(23(31)33)25(24(34)35,15-16-7-4-3-5-8-16)30-21(19)17-9-6-10-18(14-17)26(27,28)29/h3-10,14,19-21,30H,2,11-13,15H2,1H3,(H,34,35). The van der Waals surface area contributed by atoms with Crippen molar-refractivity contribution in [3.8, 4) is 0 Å². The summed E-state index contributed by atoms with van der Waals surface area (Å²) in [6, 6.07) is 11.9. The van der Waals surface area contributed by atoms with E-state index >= 15 is 0 Å². The maximum absolute atomic E-state index is 13.5. The largest absolute Gasteiger partial charge is 0.480 e. The minimum atomic E-state index is -4.62. The van der Waals surface area contributed by atoms with Gasteiger partial charge in [0.15, 0.2) is 0 Å². The SMILES string of the molecule is CCCOCCN1C(=O)C2C(c3cccc(C(F)(F)F)c3)NC(Cc3ccccc3)(C(=O)O)C2C1=O. The number of benzene rings is 2. The number of amides is 2. The van der Waals surface area contributed by atoms with Crippen LogP contribution in [0.4, 0.5) is 13.2 Å². The number of fused-ring (bicyclic) bond motifs is 1. The zero-order valence-corrected chi connectivity index (χ0v) is 19.6. The summed E-state index contributed by atoms with van der Waals surface area (Å²) < 4.78 is 45.7. The van der Waals surface area contributed by atoms with E-state index in [1.54, 1.807) is 30.3 Å². The minimum absolute atomic E-state index is 0.0546. The van der Waals surface area contributed by atoms with Crippen LogP contribution in [-0.2, 0) is 31.7 Å². The summed E-state index contributed by atoms with van der Waals surface area (Å²) >= 11 is 0. The summed E-state index contributed by atoms with van der Waals surface area (Å²) in [5.74, 6) is -5.09. The topological polar surface area (TPSA) is 95.9 Å². The molecular weight excluding hydrogens is 477 g/mol. The van der Waals surface area contributed by atoms with Crippen LogP contribution in [0.5, 0.6) is 0 Å². The number of nitrogens with zero attached hydrogens (tertiary/aromatic N) is 1. The number of imide groups is 1. The molecule has 2 amide bonds. The van der Waals surface area contributed by atoms with Crippen LogP contribution in [0, 0.1) is 11.8 Å². The Morgan fingerprint density at radius 2 is 1.81 bits per heavy atom. The van der Waals surface area contributed by atoms with Crippen molar-refractivity contribution in [3.05, 3.63) is 71.3 Å². The van der Waals surface area contributed by atoms with Gasteiger partial charge in [0.05, 0.1) is 30.6 Å². The van der Waals surface area contributed by atoms with Crippen LogP contribution in [0.15, 0.2) is 54.6 Å². The van der Waals surface area contributed by atoms with Gasteiger partial charge >= 0.3 is 12.1 Å². The molecule has 36 heavy (non-hydrogen) atoms. The van der Waals surface area contributed by atoms with E-state index in [1.807, 2.05) is 6.92 Å². The molecule has 0 spiro atoms. The van der Waals surface area contributed by atoms with E-state index < -0.39 is 52.9 Å². The van der Waals surface area contributed by atoms with E-state index in [0.717, 1.165) is 23.5 Å². The van der Waals surface area contributed by atoms with Crippen LogP contribution in [0.25, 0.3) is 0 Å². The fourth-order valence-electron chi connectivity index (χ4n) is 5.23. The Labute approximate surface area is 206 Å². The Balaban J connectivity index is 1.78. The second-order valence-corrected chi connectivity index (χ2v) is 9.13.